The average molecular weight is 426 g/mol. The highest BCUT2D eigenvalue weighted by atomic mass is 16.6. The molecule has 32 heavy (non-hydrogen) atoms. The summed E-state index contributed by atoms with van der Waals surface area (Å²) in [7, 11) is 1.62. The average Bonchev–Trinajstić information content (AvgIpc) is 2.84. The second-order valence-electron chi connectivity index (χ2n) is 7.17. The summed E-state index contributed by atoms with van der Waals surface area (Å²) in [6, 6.07) is 25.2. The fourth-order valence-corrected chi connectivity index (χ4v) is 3.58. The second-order valence-corrected chi connectivity index (χ2v) is 7.17. The quantitative estimate of drug-likeness (QED) is 0.404. The number of nitrogens with one attached hydrogen (secondary N) is 1. The van der Waals surface area contributed by atoms with Crippen LogP contribution in [0.1, 0.15) is 0 Å². The summed E-state index contributed by atoms with van der Waals surface area (Å²) in [5.74, 6) is 4.22. The van der Waals surface area contributed by atoms with E-state index in [9.17, 15) is 0 Å². The normalized spacial score (nSPS) is 12.2. The third-order valence-corrected chi connectivity index (χ3v) is 5.03. The van der Waals surface area contributed by atoms with E-state index < -0.39 is 0 Å². The Labute approximate surface area is 186 Å². The molecule has 1 N–H and O–H groups in total. The van der Waals surface area contributed by atoms with Crippen molar-refractivity contribution >= 4 is 11.5 Å². The molecule has 0 bridgehead atoms. The van der Waals surface area contributed by atoms with Crippen molar-refractivity contribution in [1.82, 2.24) is 4.98 Å². The van der Waals surface area contributed by atoms with Crippen molar-refractivity contribution in [2.45, 2.75) is 0 Å². The zero-order chi connectivity index (χ0) is 21.8. The Balaban J connectivity index is 1.41. The van der Waals surface area contributed by atoms with E-state index in [4.69, 9.17) is 18.9 Å². The van der Waals surface area contributed by atoms with Crippen molar-refractivity contribution in [3.8, 4) is 39.9 Å². The topological polar surface area (TPSA) is 61.8 Å². The van der Waals surface area contributed by atoms with Crippen LogP contribution in [0.3, 0.4) is 0 Å². The first kappa shape index (κ1) is 19.8. The molecule has 1 aromatic heterocycles. The summed E-state index contributed by atoms with van der Waals surface area (Å²) >= 11 is 0. The Morgan fingerprint density at radius 2 is 1.62 bits per heavy atom. The highest BCUT2D eigenvalue weighted by molar-refractivity contribution is 5.78. The number of aromatic nitrogens is 1. The number of hydrogen-bond donors (Lipinski definition) is 1. The summed E-state index contributed by atoms with van der Waals surface area (Å²) in [5, 5.41) is 3.35. The van der Waals surface area contributed by atoms with Crippen molar-refractivity contribution in [2.24, 2.45) is 0 Å². The smallest absolute Gasteiger partial charge is 0.204 e. The van der Waals surface area contributed by atoms with Crippen LogP contribution in [0.4, 0.5) is 11.5 Å². The van der Waals surface area contributed by atoms with Gasteiger partial charge in [-0.05, 0) is 54.1 Å². The molecule has 160 valence electrons. The maximum atomic E-state index is 5.93. The number of fused-ring (bicyclic) bond motifs is 1. The second kappa shape index (κ2) is 8.89. The highest BCUT2D eigenvalue weighted by Gasteiger charge is 2.22. The van der Waals surface area contributed by atoms with Crippen molar-refractivity contribution in [1.29, 1.82) is 0 Å². The molecule has 2 heterocycles. The molecule has 0 unspecified atom stereocenters. The van der Waals surface area contributed by atoms with Crippen LogP contribution in [0.25, 0.3) is 11.1 Å². The lowest BCUT2D eigenvalue weighted by molar-refractivity contribution is 0.166. The van der Waals surface area contributed by atoms with Gasteiger partial charge in [0.15, 0.2) is 11.5 Å². The van der Waals surface area contributed by atoms with Gasteiger partial charge in [0.1, 0.15) is 30.5 Å². The molecule has 1 aliphatic rings. The van der Waals surface area contributed by atoms with Crippen LogP contribution in [0.2, 0.25) is 0 Å². The molecule has 4 aromatic rings. The molecule has 0 fully saturated rings. The Morgan fingerprint density at radius 3 is 2.47 bits per heavy atom. The Kier molecular flexibility index (Phi) is 5.49. The largest absolute Gasteiger partial charge is 0.493 e. The van der Waals surface area contributed by atoms with Gasteiger partial charge < -0.3 is 24.3 Å². The standard InChI is InChI=1S/C26H22N2O4/c1-29-23-11-10-22(25-26(23)31-15-14-30-25)18-12-13-27-24(16-18)28-19-6-5-9-21(17-19)32-20-7-3-2-4-8-20/h2-13,16-17H,14-15H2,1H3,(H,27,28). The number of pyridine rings is 1. The summed E-state index contributed by atoms with van der Waals surface area (Å²) in [4.78, 5) is 4.47. The molecule has 0 saturated heterocycles. The van der Waals surface area contributed by atoms with Crippen LogP contribution in [0.15, 0.2) is 85.1 Å². The van der Waals surface area contributed by atoms with E-state index in [-0.39, 0.29) is 0 Å². The Bertz CT molecular complexity index is 1230. The van der Waals surface area contributed by atoms with E-state index in [1.165, 1.54) is 0 Å². The number of nitrogens with zero attached hydrogens (tertiary/aromatic N) is 1. The van der Waals surface area contributed by atoms with Crippen molar-refractivity contribution in [3.63, 3.8) is 0 Å². The van der Waals surface area contributed by atoms with Gasteiger partial charge in [-0.1, -0.05) is 24.3 Å². The minimum atomic E-state index is 0.497. The number of ether oxygens (including phenoxy) is 4. The van der Waals surface area contributed by atoms with Gasteiger partial charge in [-0.15, -0.1) is 0 Å². The minimum absolute atomic E-state index is 0.497. The molecule has 6 nitrogen and oxygen atoms in total. The number of hydrogen-bond acceptors (Lipinski definition) is 6. The van der Waals surface area contributed by atoms with Crippen LogP contribution < -0.4 is 24.3 Å². The van der Waals surface area contributed by atoms with Crippen molar-refractivity contribution in [3.05, 3.63) is 85.1 Å². The van der Waals surface area contributed by atoms with E-state index in [1.54, 1.807) is 13.3 Å². The molecule has 1 aliphatic heterocycles. The molecular weight excluding hydrogens is 404 g/mol. The highest BCUT2D eigenvalue weighted by Crippen LogP contribution is 2.46. The molecule has 0 spiro atoms. The lowest BCUT2D eigenvalue weighted by Crippen LogP contribution is -2.16. The van der Waals surface area contributed by atoms with E-state index in [1.807, 2.05) is 78.9 Å². The molecular formula is C26H22N2O4. The number of anilines is 2. The van der Waals surface area contributed by atoms with Crippen molar-refractivity contribution < 1.29 is 18.9 Å². The summed E-state index contributed by atoms with van der Waals surface area (Å²) in [6.07, 6.45) is 1.77. The third-order valence-electron chi connectivity index (χ3n) is 5.03. The van der Waals surface area contributed by atoms with E-state index >= 15 is 0 Å². The van der Waals surface area contributed by atoms with Gasteiger partial charge in [-0.25, -0.2) is 4.98 Å². The van der Waals surface area contributed by atoms with E-state index in [2.05, 4.69) is 10.3 Å². The Morgan fingerprint density at radius 1 is 0.812 bits per heavy atom. The number of rotatable bonds is 6. The van der Waals surface area contributed by atoms with Crippen molar-refractivity contribution in [2.75, 3.05) is 25.6 Å². The summed E-state index contributed by atoms with van der Waals surface area (Å²) in [5.41, 5.74) is 2.76. The van der Waals surface area contributed by atoms with E-state index in [0.717, 1.165) is 28.3 Å². The van der Waals surface area contributed by atoms with Gasteiger partial charge in [0.05, 0.1) is 7.11 Å². The van der Waals surface area contributed by atoms with Gasteiger partial charge in [0.2, 0.25) is 5.75 Å². The number of benzene rings is 3. The monoisotopic (exact) mass is 426 g/mol. The van der Waals surface area contributed by atoms with Crippen LogP contribution in [0, 0.1) is 0 Å². The lowest BCUT2D eigenvalue weighted by atomic mass is 10.0. The van der Waals surface area contributed by atoms with Crippen LogP contribution in [-0.4, -0.2) is 25.3 Å². The molecule has 0 amide bonds. The van der Waals surface area contributed by atoms with Gasteiger partial charge in [0.25, 0.3) is 0 Å². The molecule has 6 heteroatoms. The first-order chi connectivity index (χ1) is 15.8. The third kappa shape index (κ3) is 4.16. The fraction of sp³-hybridized carbons (Fsp3) is 0.115. The van der Waals surface area contributed by atoms with Gasteiger partial charge >= 0.3 is 0 Å². The molecule has 0 aliphatic carbocycles. The molecule has 3 aromatic carbocycles. The first-order valence-electron chi connectivity index (χ1n) is 10.3. The predicted octanol–water partition coefficient (Wildman–Crippen LogP) is 6.06. The minimum Gasteiger partial charge on any atom is -0.493 e. The predicted molar refractivity (Wildman–Crippen MR) is 123 cm³/mol. The Hall–Kier alpha value is -4.19. The first-order valence-corrected chi connectivity index (χ1v) is 10.3. The van der Waals surface area contributed by atoms with Crippen LogP contribution >= 0.6 is 0 Å². The number of para-hydroxylation sites is 1. The molecule has 5 rings (SSSR count). The zero-order valence-corrected chi connectivity index (χ0v) is 17.6. The molecule has 0 atom stereocenters. The van der Waals surface area contributed by atoms with Crippen LogP contribution in [0.5, 0.6) is 28.7 Å². The zero-order valence-electron chi connectivity index (χ0n) is 17.6. The molecule has 0 saturated carbocycles. The number of methoxy groups -OCH3 is 1. The van der Waals surface area contributed by atoms with Gasteiger partial charge in [0, 0.05) is 23.5 Å². The van der Waals surface area contributed by atoms with Crippen LogP contribution in [-0.2, 0) is 0 Å². The SMILES string of the molecule is COc1ccc(-c2ccnc(Nc3cccc(Oc4ccccc4)c3)c2)c2c1OCCO2. The summed E-state index contributed by atoms with van der Waals surface area (Å²) in [6.45, 7) is 0.995. The maximum absolute atomic E-state index is 5.93. The van der Waals surface area contributed by atoms with Gasteiger partial charge in [-0.3, -0.25) is 0 Å². The lowest BCUT2D eigenvalue weighted by Gasteiger charge is -2.23. The molecule has 0 radical (unpaired) electrons. The summed E-state index contributed by atoms with van der Waals surface area (Å²) < 4.78 is 23.1. The van der Waals surface area contributed by atoms with E-state index in [0.29, 0.717) is 36.3 Å². The fourth-order valence-electron chi connectivity index (χ4n) is 3.58. The maximum Gasteiger partial charge on any atom is 0.204 e. The van der Waals surface area contributed by atoms with Gasteiger partial charge in [-0.2, -0.15) is 0 Å².